The molecule has 1 aliphatic heterocycles. The molecule has 6 heteroatoms. The summed E-state index contributed by atoms with van der Waals surface area (Å²) in [6.45, 7) is 0. The molecule has 0 unspecified atom stereocenters. The molecule has 23 heavy (non-hydrogen) atoms. The summed E-state index contributed by atoms with van der Waals surface area (Å²) in [6.07, 6.45) is 0.465. The van der Waals surface area contributed by atoms with Gasteiger partial charge in [-0.3, -0.25) is 4.79 Å². The second-order valence-corrected chi connectivity index (χ2v) is 6.27. The van der Waals surface area contributed by atoms with Gasteiger partial charge in [-0.15, -0.1) is 0 Å². The molecule has 0 radical (unpaired) electrons. The number of benzene rings is 2. The number of halogens is 2. The summed E-state index contributed by atoms with van der Waals surface area (Å²) in [4.78, 5) is 27.8. The molecule has 0 aliphatic carbocycles. The molecular formula is C17H14Cl2N2O2. The fourth-order valence-corrected chi connectivity index (χ4v) is 3.18. The number of hydrogen-bond acceptors (Lipinski definition) is 2. The summed E-state index contributed by atoms with van der Waals surface area (Å²) < 4.78 is 0. The lowest BCUT2D eigenvalue weighted by molar-refractivity contribution is -0.119. The standard InChI is InChI=1S/C17H14Cl2N2O2/c1-20-15(7-11-5-3-2-4-6-11)16(22)21(17(20)23)14-9-12(18)8-13(19)10-14/h2-6,8-10,15H,7H2,1H3/t15-/m0/s1. The molecule has 2 aromatic rings. The van der Waals surface area contributed by atoms with Crippen molar-refractivity contribution in [3.8, 4) is 0 Å². The van der Waals surface area contributed by atoms with Crippen LogP contribution in [-0.2, 0) is 11.2 Å². The van der Waals surface area contributed by atoms with Gasteiger partial charge < -0.3 is 4.90 Å². The number of hydrogen-bond donors (Lipinski definition) is 0. The molecule has 0 N–H and O–H groups in total. The Hall–Kier alpha value is -2.04. The molecule has 0 spiro atoms. The maximum atomic E-state index is 12.7. The molecule has 3 rings (SSSR count). The van der Waals surface area contributed by atoms with Crippen LogP contribution in [0.3, 0.4) is 0 Å². The number of imide groups is 1. The Bertz CT molecular complexity index is 744. The van der Waals surface area contributed by atoms with Gasteiger partial charge in [0.15, 0.2) is 0 Å². The quantitative estimate of drug-likeness (QED) is 0.786. The van der Waals surface area contributed by atoms with Crippen LogP contribution in [0.5, 0.6) is 0 Å². The highest BCUT2D eigenvalue weighted by atomic mass is 35.5. The molecule has 1 atom stereocenters. The fourth-order valence-electron chi connectivity index (χ4n) is 2.67. The second-order valence-electron chi connectivity index (χ2n) is 5.40. The Morgan fingerprint density at radius 3 is 2.22 bits per heavy atom. The van der Waals surface area contributed by atoms with Crippen LogP contribution >= 0.6 is 23.2 Å². The van der Waals surface area contributed by atoms with E-state index in [0.29, 0.717) is 22.2 Å². The first-order chi connectivity index (χ1) is 11.0. The number of carbonyl (C=O) groups excluding carboxylic acids is 2. The number of amides is 3. The smallest absolute Gasteiger partial charge is 0.315 e. The average Bonchev–Trinajstić information content (AvgIpc) is 2.71. The van der Waals surface area contributed by atoms with Gasteiger partial charge in [0.2, 0.25) is 0 Å². The highest BCUT2D eigenvalue weighted by Gasteiger charge is 2.43. The fraction of sp³-hybridized carbons (Fsp3) is 0.176. The van der Waals surface area contributed by atoms with E-state index < -0.39 is 6.04 Å². The number of urea groups is 1. The maximum Gasteiger partial charge on any atom is 0.331 e. The summed E-state index contributed by atoms with van der Waals surface area (Å²) in [7, 11) is 1.62. The number of likely N-dealkylation sites (N-methyl/N-ethyl adjacent to an activating group) is 1. The van der Waals surface area contributed by atoms with Gasteiger partial charge in [-0.25, -0.2) is 9.69 Å². The van der Waals surface area contributed by atoms with Gasteiger partial charge in [0.1, 0.15) is 6.04 Å². The van der Waals surface area contributed by atoms with E-state index in [2.05, 4.69) is 0 Å². The first-order valence-electron chi connectivity index (χ1n) is 7.08. The van der Waals surface area contributed by atoms with E-state index in [0.717, 1.165) is 10.5 Å². The van der Waals surface area contributed by atoms with E-state index in [4.69, 9.17) is 23.2 Å². The molecule has 0 aromatic heterocycles. The zero-order valence-corrected chi connectivity index (χ0v) is 13.9. The van der Waals surface area contributed by atoms with Crippen LogP contribution in [-0.4, -0.2) is 29.9 Å². The van der Waals surface area contributed by atoms with Gasteiger partial charge in [-0.1, -0.05) is 53.5 Å². The Balaban J connectivity index is 1.92. The topological polar surface area (TPSA) is 40.6 Å². The first kappa shape index (κ1) is 15.8. The van der Waals surface area contributed by atoms with Gasteiger partial charge in [-0.2, -0.15) is 0 Å². The van der Waals surface area contributed by atoms with E-state index in [1.165, 1.54) is 4.90 Å². The minimum absolute atomic E-state index is 0.278. The molecule has 0 saturated carbocycles. The lowest BCUT2D eigenvalue weighted by Crippen LogP contribution is -2.33. The third-order valence-corrected chi connectivity index (χ3v) is 4.28. The zero-order valence-electron chi connectivity index (χ0n) is 12.4. The number of anilines is 1. The Morgan fingerprint density at radius 1 is 1.00 bits per heavy atom. The summed E-state index contributed by atoms with van der Waals surface area (Å²) in [5.41, 5.74) is 1.39. The third kappa shape index (κ3) is 3.05. The van der Waals surface area contributed by atoms with Crippen LogP contribution in [0.4, 0.5) is 10.5 Å². The minimum atomic E-state index is -0.539. The molecule has 3 amide bonds. The molecule has 4 nitrogen and oxygen atoms in total. The van der Waals surface area contributed by atoms with Crippen LogP contribution in [0.15, 0.2) is 48.5 Å². The predicted octanol–water partition coefficient (Wildman–Crippen LogP) is 4.00. The number of rotatable bonds is 3. The van der Waals surface area contributed by atoms with Crippen molar-refractivity contribution in [3.05, 3.63) is 64.1 Å². The monoisotopic (exact) mass is 348 g/mol. The van der Waals surface area contributed by atoms with Crippen LogP contribution in [0.1, 0.15) is 5.56 Å². The van der Waals surface area contributed by atoms with Crippen LogP contribution < -0.4 is 4.90 Å². The molecule has 1 heterocycles. The third-order valence-electron chi connectivity index (χ3n) is 3.84. The Kier molecular flexibility index (Phi) is 4.28. The average molecular weight is 349 g/mol. The zero-order chi connectivity index (χ0) is 16.6. The summed E-state index contributed by atoms with van der Waals surface area (Å²) in [5.74, 6) is -0.278. The normalized spacial score (nSPS) is 18.0. The minimum Gasteiger partial charge on any atom is -0.315 e. The van der Waals surface area contributed by atoms with Gasteiger partial charge in [0.05, 0.1) is 5.69 Å². The molecule has 0 bridgehead atoms. The van der Waals surface area contributed by atoms with E-state index in [1.807, 2.05) is 30.3 Å². The van der Waals surface area contributed by atoms with Crippen LogP contribution in [0.2, 0.25) is 10.0 Å². The lowest BCUT2D eigenvalue weighted by Gasteiger charge is -2.15. The molecule has 1 fully saturated rings. The van der Waals surface area contributed by atoms with Crippen molar-refractivity contribution in [2.45, 2.75) is 12.5 Å². The van der Waals surface area contributed by atoms with E-state index in [-0.39, 0.29) is 11.9 Å². The van der Waals surface area contributed by atoms with E-state index in [9.17, 15) is 9.59 Å². The van der Waals surface area contributed by atoms with Gasteiger partial charge in [0.25, 0.3) is 5.91 Å². The van der Waals surface area contributed by atoms with Gasteiger partial charge in [0, 0.05) is 23.5 Å². The van der Waals surface area contributed by atoms with Crippen molar-refractivity contribution < 1.29 is 9.59 Å². The summed E-state index contributed by atoms with van der Waals surface area (Å²) in [5, 5.41) is 0.754. The van der Waals surface area contributed by atoms with Crippen molar-refractivity contribution >= 4 is 40.8 Å². The molecular weight excluding hydrogens is 335 g/mol. The predicted molar refractivity (Wildman–Crippen MR) is 91.0 cm³/mol. The number of nitrogens with zero attached hydrogens (tertiary/aromatic N) is 2. The van der Waals surface area contributed by atoms with E-state index in [1.54, 1.807) is 25.2 Å². The Labute approximate surface area is 144 Å². The molecule has 2 aromatic carbocycles. The van der Waals surface area contributed by atoms with Gasteiger partial charge >= 0.3 is 6.03 Å². The van der Waals surface area contributed by atoms with Crippen molar-refractivity contribution in [1.29, 1.82) is 0 Å². The summed E-state index contributed by atoms with van der Waals surface area (Å²) >= 11 is 12.0. The highest BCUT2D eigenvalue weighted by molar-refractivity contribution is 6.35. The van der Waals surface area contributed by atoms with Crippen LogP contribution in [0, 0.1) is 0 Å². The maximum absolute atomic E-state index is 12.7. The SMILES string of the molecule is CN1C(=O)N(c2cc(Cl)cc(Cl)c2)C(=O)[C@@H]1Cc1ccccc1. The lowest BCUT2D eigenvalue weighted by atomic mass is 10.1. The Morgan fingerprint density at radius 2 is 1.61 bits per heavy atom. The van der Waals surface area contributed by atoms with Crippen molar-refractivity contribution in [3.63, 3.8) is 0 Å². The largest absolute Gasteiger partial charge is 0.331 e. The molecule has 118 valence electrons. The van der Waals surface area contributed by atoms with Crippen LogP contribution in [0.25, 0.3) is 0 Å². The van der Waals surface area contributed by atoms with Crippen molar-refractivity contribution in [2.24, 2.45) is 0 Å². The van der Waals surface area contributed by atoms with Crippen molar-refractivity contribution in [2.75, 3.05) is 11.9 Å². The molecule has 1 aliphatic rings. The molecule has 1 saturated heterocycles. The second kappa shape index (κ2) is 6.22. The van der Waals surface area contributed by atoms with Gasteiger partial charge in [-0.05, 0) is 23.8 Å². The van der Waals surface area contributed by atoms with Crippen molar-refractivity contribution in [1.82, 2.24) is 4.90 Å². The first-order valence-corrected chi connectivity index (χ1v) is 7.84. The highest BCUT2D eigenvalue weighted by Crippen LogP contribution is 2.30. The summed E-state index contributed by atoms with van der Waals surface area (Å²) in [6, 6.07) is 13.4. The number of carbonyl (C=O) groups is 2. The van der Waals surface area contributed by atoms with E-state index >= 15 is 0 Å².